The predicted molar refractivity (Wildman–Crippen MR) is 131 cm³/mol. The average molecular weight is 488 g/mol. The van der Waals surface area contributed by atoms with Gasteiger partial charge in [0.1, 0.15) is 18.3 Å². The van der Waals surface area contributed by atoms with Crippen LogP contribution in [0.4, 0.5) is 0 Å². The minimum absolute atomic E-state index is 0.00849. The average Bonchev–Trinajstić information content (AvgIpc) is 2.86. The maximum atomic E-state index is 11.9. The molecule has 0 aliphatic carbocycles. The molecule has 192 valence electrons. The fourth-order valence-electron chi connectivity index (χ4n) is 4.75. The molecule has 35 heavy (non-hydrogen) atoms. The molecule has 0 spiro atoms. The first-order valence-electron chi connectivity index (χ1n) is 12.2. The molecule has 1 aliphatic heterocycles. The highest BCUT2D eigenvalue weighted by Crippen LogP contribution is 2.46. The van der Waals surface area contributed by atoms with Gasteiger partial charge in [0.2, 0.25) is 5.91 Å². The molecule has 0 radical (unpaired) electrons. The summed E-state index contributed by atoms with van der Waals surface area (Å²) < 4.78 is 13.0. The van der Waals surface area contributed by atoms with Crippen LogP contribution in [0.15, 0.2) is 60.7 Å². The molecule has 1 aliphatic rings. The highest BCUT2D eigenvalue weighted by Gasteiger charge is 2.55. The minimum Gasteiger partial charge on any atom is -0.394 e. The summed E-state index contributed by atoms with van der Waals surface area (Å²) in [6, 6.07) is 18.2. The van der Waals surface area contributed by atoms with Crippen LogP contribution in [0.2, 0.25) is 0 Å². The number of ether oxygens (including phenoxy) is 2. The van der Waals surface area contributed by atoms with Gasteiger partial charge in [-0.3, -0.25) is 4.79 Å². The van der Waals surface area contributed by atoms with Gasteiger partial charge < -0.3 is 35.2 Å². The number of amides is 1. The molecule has 1 amide bonds. The standard InChI is InChI=1S/C27H37NO7/c1-3-4-15-34-27(23(19-11-7-5-8-12-19)20-13-9-6-10-14-20)16-21(31)24(28-18(2)30)26(35-27)25(33)22(32)17-29/h5-14,21-26,29,31-33H,3-4,15-17H2,1-2H3,(H,28,30)/t21-,22+,24+,25+,26+,27-/m0/s1. The van der Waals surface area contributed by atoms with Gasteiger partial charge in [-0.25, -0.2) is 0 Å². The van der Waals surface area contributed by atoms with Gasteiger partial charge in [0.05, 0.1) is 31.3 Å². The monoisotopic (exact) mass is 487 g/mol. The molecule has 5 N–H and O–H groups in total. The highest BCUT2D eigenvalue weighted by molar-refractivity contribution is 5.73. The smallest absolute Gasteiger partial charge is 0.217 e. The van der Waals surface area contributed by atoms with E-state index >= 15 is 0 Å². The Balaban J connectivity index is 2.15. The fraction of sp³-hybridized carbons (Fsp3) is 0.519. The number of carbonyl (C=O) groups excluding carboxylic acids is 1. The summed E-state index contributed by atoms with van der Waals surface area (Å²) in [4.78, 5) is 11.9. The molecule has 0 saturated carbocycles. The number of aliphatic hydroxyl groups is 4. The summed E-state index contributed by atoms with van der Waals surface area (Å²) in [5.74, 6) is -2.33. The summed E-state index contributed by atoms with van der Waals surface area (Å²) >= 11 is 0. The van der Waals surface area contributed by atoms with E-state index in [0.717, 1.165) is 24.0 Å². The van der Waals surface area contributed by atoms with E-state index in [2.05, 4.69) is 5.32 Å². The molecule has 1 heterocycles. The zero-order chi connectivity index (χ0) is 25.4. The summed E-state index contributed by atoms with van der Waals surface area (Å²) in [6.45, 7) is 2.97. The fourth-order valence-corrected chi connectivity index (χ4v) is 4.75. The van der Waals surface area contributed by atoms with Crippen molar-refractivity contribution in [2.45, 2.75) is 75.3 Å². The van der Waals surface area contributed by atoms with Gasteiger partial charge in [-0.1, -0.05) is 74.0 Å². The van der Waals surface area contributed by atoms with Crippen LogP contribution in [0, 0.1) is 0 Å². The van der Waals surface area contributed by atoms with Gasteiger partial charge in [0.25, 0.3) is 0 Å². The van der Waals surface area contributed by atoms with E-state index in [-0.39, 0.29) is 6.42 Å². The molecule has 8 nitrogen and oxygen atoms in total. The second-order valence-corrected chi connectivity index (χ2v) is 9.09. The van der Waals surface area contributed by atoms with Gasteiger partial charge in [-0.05, 0) is 17.5 Å². The van der Waals surface area contributed by atoms with E-state index in [1.807, 2.05) is 67.6 Å². The van der Waals surface area contributed by atoms with Crippen LogP contribution in [0.1, 0.15) is 50.2 Å². The summed E-state index contributed by atoms with van der Waals surface area (Å²) in [5.41, 5.74) is 1.77. The summed E-state index contributed by atoms with van der Waals surface area (Å²) in [6.07, 6.45) is -3.90. The van der Waals surface area contributed by atoms with E-state index in [9.17, 15) is 25.2 Å². The normalized spacial score (nSPS) is 26.3. The molecule has 8 heteroatoms. The van der Waals surface area contributed by atoms with Crippen LogP contribution < -0.4 is 5.32 Å². The lowest BCUT2D eigenvalue weighted by atomic mass is 9.77. The van der Waals surface area contributed by atoms with Gasteiger partial charge in [0, 0.05) is 13.3 Å². The molecule has 3 rings (SSSR count). The lowest BCUT2D eigenvalue weighted by Gasteiger charge is -2.51. The Labute approximate surface area is 206 Å². The number of carbonyl (C=O) groups is 1. The third kappa shape index (κ3) is 6.46. The molecule has 0 aromatic heterocycles. The number of hydrogen-bond donors (Lipinski definition) is 5. The minimum atomic E-state index is -1.59. The van der Waals surface area contributed by atoms with Crippen molar-refractivity contribution in [2.75, 3.05) is 13.2 Å². The Morgan fingerprint density at radius 2 is 1.69 bits per heavy atom. The van der Waals surface area contributed by atoms with E-state index in [4.69, 9.17) is 9.47 Å². The molecule has 2 aromatic rings. The second-order valence-electron chi connectivity index (χ2n) is 9.09. The Bertz CT molecular complexity index is 873. The Morgan fingerprint density at radius 1 is 1.11 bits per heavy atom. The first-order valence-corrected chi connectivity index (χ1v) is 12.2. The van der Waals surface area contributed by atoms with Crippen molar-refractivity contribution in [1.29, 1.82) is 0 Å². The number of nitrogens with one attached hydrogen (secondary N) is 1. The third-order valence-electron chi connectivity index (χ3n) is 6.44. The maximum Gasteiger partial charge on any atom is 0.217 e. The van der Waals surface area contributed by atoms with Crippen LogP contribution in [0.5, 0.6) is 0 Å². The zero-order valence-electron chi connectivity index (χ0n) is 20.3. The number of rotatable bonds is 11. The SMILES string of the molecule is CCCCO[C@@]1(C(c2ccccc2)c2ccccc2)C[C@H](O)[C@@H](NC(C)=O)[C@H]([C@H](O)[C@H](O)CO)O1. The van der Waals surface area contributed by atoms with Crippen LogP contribution in [-0.2, 0) is 14.3 Å². The van der Waals surface area contributed by atoms with E-state index in [1.54, 1.807) is 0 Å². The molecular formula is C27H37NO7. The van der Waals surface area contributed by atoms with Crippen LogP contribution in [0.3, 0.4) is 0 Å². The van der Waals surface area contributed by atoms with E-state index < -0.39 is 54.7 Å². The molecule has 2 aromatic carbocycles. The van der Waals surface area contributed by atoms with Crippen molar-refractivity contribution in [3.8, 4) is 0 Å². The van der Waals surface area contributed by atoms with Crippen molar-refractivity contribution in [2.24, 2.45) is 0 Å². The molecule has 1 saturated heterocycles. The van der Waals surface area contributed by atoms with Crippen LogP contribution >= 0.6 is 0 Å². The molecule has 0 bridgehead atoms. The van der Waals surface area contributed by atoms with Crippen molar-refractivity contribution in [1.82, 2.24) is 5.32 Å². The quantitative estimate of drug-likeness (QED) is 0.305. The molecule has 1 fully saturated rings. The Kier molecular flexibility index (Phi) is 9.80. The maximum absolute atomic E-state index is 11.9. The number of hydrogen-bond acceptors (Lipinski definition) is 7. The second kappa shape index (κ2) is 12.6. The van der Waals surface area contributed by atoms with Crippen molar-refractivity contribution in [3.05, 3.63) is 71.8 Å². The molecular weight excluding hydrogens is 450 g/mol. The summed E-state index contributed by atoms with van der Waals surface area (Å²) in [7, 11) is 0. The topological polar surface area (TPSA) is 128 Å². The Morgan fingerprint density at radius 3 is 2.17 bits per heavy atom. The molecule has 0 unspecified atom stereocenters. The molecule has 6 atom stereocenters. The van der Waals surface area contributed by atoms with Gasteiger partial charge in [0.15, 0.2) is 5.79 Å². The number of unbranched alkanes of at least 4 members (excludes halogenated alkanes) is 1. The zero-order valence-corrected chi connectivity index (χ0v) is 20.3. The largest absolute Gasteiger partial charge is 0.394 e. The van der Waals surface area contributed by atoms with Crippen molar-refractivity contribution in [3.63, 3.8) is 0 Å². The number of aliphatic hydroxyl groups excluding tert-OH is 4. The predicted octanol–water partition coefficient (Wildman–Crippen LogP) is 1.70. The van der Waals surface area contributed by atoms with Crippen molar-refractivity contribution >= 4 is 5.91 Å². The van der Waals surface area contributed by atoms with Gasteiger partial charge in [-0.2, -0.15) is 0 Å². The van der Waals surface area contributed by atoms with Gasteiger partial charge >= 0.3 is 0 Å². The first-order chi connectivity index (χ1) is 16.8. The lowest BCUT2D eigenvalue weighted by Crippen LogP contribution is -2.67. The Hall–Kier alpha value is -2.33. The third-order valence-corrected chi connectivity index (χ3v) is 6.44. The van der Waals surface area contributed by atoms with E-state index in [0.29, 0.717) is 6.61 Å². The van der Waals surface area contributed by atoms with Crippen LogP contribution in [0.25, 0.3) is 0 Å². The van der Waals surface area contributed by atoms with Gasteiger partial charge in [-0.15, -0.1) is 0 Å². The number of benzene rings is 2. The highest BCUT2D eigenvalue weighted by atomic mass is 16.7. The van der Waals surface area contributed by atoms with E-state index in [1.165, 1.54) is 6.92 Å². The van der Waals surface area contributed by atoms with Crippen molar-refractivity contribution < 1.29 is 34.7 Å². The first kappa shape index (κ1) is 27.3. The lowest BCUT2D eigenvalue weighted by molar-refractivity contribution is -0.325. The summed E-state index contributed by atoms with van der Waals surface area (Å²) in [5, 5.41) is 44.6. The van der Waals surface area contributed by atoms with Crippen LogP contribution in [-0.4, -0.2) is 75.8 Å².